The summed E-state index contributed by atoms with van der Waals surface area (Å²) in [4.78, 5) is 10.3. The summed E-state index contributed by atoms with van der Waals surface area (Å²) in [5, 5.41) is 9.52. The second-order valence-electron chi connectivity index (χ2n) is 12.5. The Hall–Kier alpha value is -6.58. The molecule has 8 aromatic carbocycles. The lowest BCUT2D eigenvalue weighted by Gasteiger charge is -2.16. The Labute approximate surface area is 282 Å². The second kappa shape index (κ2) is 11.0. The summed E-state index contributed by atoms with van der Waals surface area (Å²) in [5.41, 5.74) is 9.03. The number of furan rings is 1. The predicted molar refractivity (Wildman–Crippen MR) is 204 cm³/mol. The van der Waals surface area contributed by atoms with Gasteiger partial charge in [-0.2, -0.15) is 0 Å². The van der Waals surface area contributed by atoms with Crippen LogP contribution in [-0.4, -0.2) is 9.97 Å². The smallest absolute Gasteiger partial charge is 0.160 e. The molecule has 2 aromatic heterocycles. The Morgan fingerprint density at radius 1 is 0.327 bits per heavy atom. The lowest BCUT2D eigenvalue weighted by Crippen LogP contribution is -1.97. The van der Waals surface area contributed by atoms with Crippen molar-refractivity contribution in [3.8, 4) is 45.0 Å². The third-order valence-electron chi connectivity index (χ3n) is 9.67. The molecule has 0 spiro atoms. The quantitative estimate of drug-likeness (QED) is 0.183. The Balaban J connectivity index is 1.27. The molecule has 10 rings (SSSR count). The summed E-state index contributed by atoms with van der Waals surface area (Å²) in [7, 11) is 0. The van der Waals surface area contributed by atoms with Gasteiger partial charge in [0.2, 0.25) is 0 Å². The van der Waals surface area contributed by atoms with Gasteiger partial charge in [0.25, 0.3) is 0 Å². The van der Waals surface area contributed by atoms with Crippen LogP contribution in [0.3, 0.4) is 0 Å². The Bertz CT molecular complexity index is 2810. The third kappa shape index (κ3) is 4.51. The standard InChI is InChI=1S/C46H28N2O/c1-3-12-29(13-4-1)41-28-42(48-46(47-41)30-14-5-2-6-15-30)38-20-11-19-37-34-17-8-7-16-33(34)35-24-22-31(27-40(35)45(37)38)32-23-25-44-39(26-32)36-18-9-10-21-43(36)49-44/h1-28H. The van der Waals surface area contributed by atoms with Crippen molar-refractivity contribution >= 4 is 54.3 Å². The van der Waals surface area contributed by atoms with Gasteiger partial charge < -0.3 is 4.42 Å². The fraction of sp³-hybridized carbons (Fsp3) is 0. The van der Waals surface area contributed by atoms with E-state index in [-0.39, 0.29) is 0 Å². The monoisotopic (exact) mass is 624 g/mol. The summed E-state index contributed by atoms with van der Waals surface area (Å²) in [6, 6.07) is 59.8. The lowest BCUT2D eigenvalue weighted by atomic mass is 9.89. The molecule has 0 atom stereocenters. The summed E-state index contributed by atoms with van der Waals surface area (Å²) in [6.07, 6.45) is 0. The second-order valence-corrected chi connectivity index (χ2v) is 12.5. The average molecular weight is 625 g/mol. The first-order valence-electron chi connectivity index (χ1n) is 16.6. The molecule has 228 valence electrons. The van der Waals surface area contributed by atoms with Crippen LogP contribution in [0.2, 0.25) is 0 Å². The van der Waals surface area contributed by atoms with Gasteiger partial charge in [-0.05, 0) is 73.8 Å². The van der Waals surface area contributed by atoms with Crippen molar-refractivity contribution in [3.05, 3.63) is 170 Å². The van der Waals surface area contributed by atoms with Gasteiger partial charge in [0, 0.05) is 27.5 Å². The highest BCUT2D eigenvalue weighted by atomic mass is 16.3. The first kappa shape index (κ1) is 27.5. The van der Waals surface area contributed by atoms with Gasteiger partial charge in [-0.3, -0.25) is 0 Å². The molecular weight excluding hydrogens is 597 g/mol. The average Bonchev–Trinajstić information content (AvgIpc) is 3.56. The molecule has 0 saturated heterocycles. The number of hydrogen-bond acceptors (Lipinski definition) is 3. The van der Waals surface area contributed by atoms with Crippen LogP contribution in [0.1, 0.15) is 0 Å². The van der Waals surface area contributed by atoms with Crippen LogP contribution in [-0.2, 0) is 0 Å². The van der Waals surface area contributed by atoms with E-state index >= 15 is 0 Å². The SMILES string of the molecule is c1ccc(-c2cc(-c3cccc4c5ccccc5c5ccc(-c6ccc7oc8ccccc8c7c6)cc5c34)nc(-c3ccccc3)n2)cc1. The van der Waals surface area contributed by atoms with E-state index in [0.29, 0.717) is 5.82 Å². The Morgan fingerprint density at radius 2 is 0.898 bits per heavy atom. The first-order valence-corrected chi connectivity index (χ1v) is 16.6. The largest absolute Gasteiger partial charge is 0.456 e. The number of rotatable bonds is 4. The Kier molecular flexibility index (Phi) is 6.18. The Morgan fingerprint density at radius 3 is 1.69 bits per heavy atom. The van der Waals surface area contributed by atoms with Crippen molar-refractivity contribution < 1.29 is 4.42 Å². The van der Waals surface area contributed by atoms with Crippen LogP contribution in [0.5, 0.6) is 0 Å². The fourth-order valence-corrected chi connectivity index (χ4v) is 7.36. The van der Waals surface area contributed by atoms with Crippen molar-refractivity contribution in [3.63, 3.8) is 0 Å². The number of hydrogen-bond donors (Lipinski definition) is 0. The number of para-hydroxylation sites is 1. The zero-order chi connectivity index (χ0) is 32.3. The van der Waals surface area contributed by atoms with Crippen molar-refractivity contribution in [2.75, 3.05) is 0 Å². The minimum atomic E-state index is 0.709. The molecule has 0 aliphatic carbocycles. The molecule has 10 aromatic rings. The van der Waals surface area contributed by atoms with Crippen LogP contribution in [0, 0.1) is 0 Å². The number of aromatic nitrogens is 2. The molecular formula is C46H28N2O. The molecule has 0 radical (unpaired) electrons. The zero-order valence-corrected chi connectivity index (χ0v) is 26.5. The summed E-state index contributed by atoms with van der Waals surface area (Å²) in [5.74, 6) is 0.709. The van der Waals surface area contributed by atoms with Crippen LogP contribution in [0.15, 0.2) is 174 Å². The van der Waals surface area contributed by atoms with Crippen LogP contribution in [0.25, 0.3) is 99.3 Å². The lowest BCUT2D eigenvalue weighted by molar-refractivity contribution is 0.669. The van der Waals surface area contributed by atoms with E-state index in [1.54, 1.807) is 0 Å². The number of fused-ring (bicyclic) bond motifs is 9. The predicted octanol–water partition coefficient (Wildman–Crippen LogP) is 12.5. The van der Waals surface area contributed by atoms with Crippen LogP contribution < -0.4 is 0 Å². The van der Waals surface area contributed by atoms with Crippen LogP contribution in [0.4, 0.5) is 0 Å². The molecule has 0 aliphatic heterocycles. The third-order valence-corrected chi connectivity index (χ3v) is 9.67. The van der Waals surface area contributed by atoms with Crippen molar-refractivity contribution in [2.45, 2.75) is 0 Å². The van der Waals surface area contributed by atoms with Gasteiger partial charge in [0.15, 0.2) is 5.82 Å². The first-order chi connectivity index (χ1) is 24.3. The molecule has 49 heavy (non-hydrogen) atoms. The molecule has 0 unspecified atom stereocenters. The normalized spacial score (nSPS) is 11.7. The van der Waals surface area contributed by atoms with E-state index in [9.17, 15) is 0 Å². The molecule has 0 N–H and O–H groups in total. The van der Waals surface area contributed by atoms with Gasteiger partial charge in [-0.15, -0.1) is 0 Å². The van der Waals surface area contributed by atoms with Gasteiger partial charge in [-0.1, -0.05) is 140 Å². The highest BCUT2D eigenvalue weighted by Crippen LogP contribution is 2.42. The van der Waals surface area contributed by atoms with Gasteiger partial charge in [0.1, 0.15) is 11.2 Å². The van der Waals surface area contributed by atoms with Crippen molar-refractivity contribution in [2.24, 2.45) is 0 Å². The summed E-state index contributed by atoms with van der Waals surface area (Å²) in [6.45, 7) is 0. The molecule has 0 saturated carbocycles. The molecule has 2 heterocycles. The molecule has 0 fully saturated rings. The van der Waals surface area contributed by atoms with E-state index < -0.39 is 0 Å². The number of nitrogens with zero attached hydrogens (tertiary/aromatic N) is 2. The highest BCUT2D eigenvalue weighted by Gasteiger charge is 2.17. The maximum atomic E-state index is 6.16. The van der Waals surface area contributed by atoms with E-state index in [4.69, 9.17) is 14.4 Å². The van der Waals surface area contributed by atoms with Gasteiger partial charge in [0.05, 0.1) is 11.4 Å². The molecule has 0 bridgehead atoms. The summed E-state index contributed by atoms with van der Waals surface area (Å²) >= 11 is 0. The highest BCUT2D eigenvalue weighted by molar-refractivity contribution is 6.28. The molecule has 0 amide bonds. The molecule has 3 nitrogen and oxygen atoms in total. The summed E-state index contributed by atoms with van der Waals surface area (Å²) < 4.78 is 6.16. The van der Waals surface area contributed by atoms with E-state index in [2.05, 4.69) is 133 Å². The zero-order valence-electron chi connectivity index (χ0n) is 26.5. The van der Waals surface area contributed by atoms with Gasteiger partial charge >= 0.3 is 0 Å². The number of benzene rings is 8. The molecule has 3 heteroatoms. The molecule has 0 aliphatic rings. The van der Waals surface area contributed by atoms with Crippen LogP contribution >= 0.6 is 0 Å². The minimum absolute atomic E-state index is 0.709. The van der Waals surface area contributed by atoms with E-state index in [1.165, 1.54) is 32.3 Å². The van der Waals surface area contributed by atoms with Crippen molar-refractivity contribution in [1.29, 1.82) is 0 Å². The van der Waals surface area contributed by atoms with E-state index in [0.717, 1.165) is 61.1 Å². The maximum Gasteiger partial charge on any atom is 0.160 e. The minimum Gasteiger partial charge on any atom is -0.456 e. The van der Waals surface area contributed by atoms with Gasteiger partial charge in [-0.25, -0.2) is 9.97 Å². The topological polar surface area (TPSA) is 38.9 Å². The maximum absolute atomic E-state index is 6.16. The van der Waals surface area contributed by atoms with Crippen molar-refractivity contribution in [1.82, 2.24) is 9.97 Å². The fourth-order valence-electron chi connectivity index (χ4n) is 7.36. The van der Waals surface area contributed by atoms with E-state index in [1.807, 2.05) is 36.4 Å².